The Kier molecular flexibility index (Phi) is 5.03. The molecule has 0 aliphatic heterocycles. The molecule has 0 spiro atoms. The van der Waals surface area contributed by atoms with Crippen molar-refractivity contribution in [2.75, 3.05) is 0 Å². The van der Waals surface area contributed by atoms with Crippen LogP contribution in [0.5, 0.6) is 0 Å². The predicted molar refractivity (Wildman–Crippen MR) is 96.9 cm³/mol. The smallest absolute Gasteiger partial charge is 0.310 e. The second-order valence-corrected chi connectivity index (χ2v) is 6.85. The molecule has 0 amide bonds. The Balaban J connectivity index is 1.81. The molecular weight excluding hydrogens is 296 g/mol. The number of esters is 1. The van der Waals surface area contributed by atoms with Crippen LogP contribution >= 0.6 is 0 Å². The van der Waals surface area contributed by atoms with Crippen molar-refractivity contribution in [3.8, 4) is 0 Å². The third-order valence-corrected chi connectivity index (χ3v) is 5.10. The third-order valence-electron chi connectivity index (χ3n) is 5.10. The van der Waals surface area contributed by atoms with Crippen LogP contribution in [0.3, 0.4) is 0 Å². The molecule has 2 nitrogen and oxygen atoms in total. The molecule has 0 saturated heterocycles. The highest BCUT2D eigenvalue weighted by atomic mass is 16.5. The topological polar surface area (TPSA) is 26.3 Å². The quantitative estimate of drug-likeness (QED) is 0.662. The average molecular weight is 322 g/mol. The maximum Gasteiger partial charge on any atom is 0.310 e. The lowest BCUT2D eigenvalue weighted by molar-refractivity contribution is -0.150. The van der Waals surface area contributed by atoms with E-state index in [-0.39, 0.29) is 23.4 Å². The van der Waals surface area contributed by atoms with Gasteiger partial charge in [0, 0.05) is 5.41 Å². The summed E-state index contributed by atoms with van der Waals surface area (Å²) in [5.41, 5.74) is 2.20. The van der Waals surface area contributed by atoms with Crippen LogP contribution in [0.4, 0.5) is 0 Å². The van der Waals surface area contributed by atoms with Gasteiger partial charge in [-0.2, -0.15) is 0 Å². The molecule has 1 saturated carbocycles. The number of carbonyl (C=O) groups is 1. The van der Waals surface area contributed by atoms with Gasteiger partial charge in [-0.05, 0) is 30.9 Å². The van der Waals surface area contributed by atoms with Gasteiger partial charge < -0.3 is 4.74 Å². The molecule has 2 atom stereocenters. The second-order valence-electron chi connectivity index (χ2n) is 6.85. The fourth-order valence-electron chi connectivity index (χ4n) is 3.65. The molecule has 2 aromatic carbocycles. The lowest BCUT2D eigenvalue weighted by atomic mass is 9.86. The van der Waals surface area contributed by atoms with E-state index in [1.165, 1.54) is 11.1 Å². The third kappa shape index (κ3) is 3.24. The molecule has 0 unspecified atom stereocenters. The van der Waals surface area contributed by atoms with E-state index in [4.69, 9.17) is 4.74 Å². The van der Waals surface area contributed by atoms with Crippen LogP contribution in [0.15, 0.2) is 60.7 Å². The number of benzene rings is 2. The summed E-state index contributed by atoms with van der Waals surface area (Å²) in [4.78, 5) is 12.7. The normalized spacial score (nSPS) is 19.5. The van der Waals surface area contributed by atoms with E-state index >= 15 is 0 Å². The molecule has 126 valence electrons. The van der Waals surface area contributed by atoms with Gasteiger partial charge in [0.05, 0.1) is 12.0 Å². The Bertz CT molecular complexity index is 623. The van der Waals surface area contributed by atoms with Gasteiger partial charge in [0.2, 0.25) is 0 Å². The van der Waals surface area contributed by atoms with Crippen molar-refractivity contribution in [3.63, 3.8) is 0 Å². The number of hydrogen-bond donors (Lipinski definition) is 0. The Morgan fingerprint density at radius 2 is 1.62 bits per heavy atom. The van der Waals surface area contributed by atoms with Crippen LogP contribution < -0.4 is 0 Å². The SMILES string of the molecule is CCCC[C@@H](C)OC(=O)[C@@H]1CC1(c1ccccc1)c1ccccc1. The van der Waals surface area contributed by atoms with Crippen molar-refractivity contribution in [2.45, 2.75) is 51.0 Å². The summed E-state index contributed by atoms with van der Waals surface area (Å²) in [6.07, 6.45) is 4.01. The maximum atomic E-state index is 12.7. The van der Waals surface area contributed by atoms with Gasteiger partial charge in [0.1, 0.15) is 0 Å². The average Bonchev–Trinajstić information content (AvgIpc) is 3.39. The van der Waals surface area contributed by atoms with Gasteiger partial charge in [-0.25, -0.2) is 0 Å². The first kappa shape index (κ1) is 16.8. The van der Waals surface area contributed by atoms with E-state index in [2.05, 4.69) is 31.2 Å². The zero-order valence-corrected chi connectivity index (χ0v) is 14.6. The van der Waals surface area contributed by atoms with E-state index in [0.717, 1.165) is 25.7 Å². The number of rotatable bonds is 7. The Hall–Kier alpha value is -2.09. The van der Waals surface area contributed by atoms with Crippen LogP contribution in [0.25, 0.3) is 0 Å². The van der Waals surface area contributed by atoms with Crippen molar-refractivity contribution < 1.29 is 9.53 Å². The van der Waals surface area contributed by atoms with Gasteiger partial charge in [-0.15, -0.1) is 0 Å². The first-order valence-corrected chi connectivity index (χ1v) is 9.00. The van der Waals surface area contributed by atoms with Crippen LogP contribution in [-0.2, 0) is 14.9 Å². The molecule has 3 rings (SSSR count). The largest absolute Gasteiger partial charge is 0.462 e. The van der Waals surface area contributed by atoms with Crippen molar-refractivity contribution in [2.24, 2.45) is 5.92 Å². The summed E-state index contributed by atoms with van der Waals surface area (Å²) < 4.78 is 5.74. The summed E-state index contributed by atoms with van der Waals surface area (Å²) in [7, 11) is 0. The minimum Gasteiger partial charge on any atom is -0.462 e. The minimum absolute atomic E-state index is 0.00213. The molecule has 0 radical (unpaired) electrons. The highest BCUT2D eigenvalue weighted by Gasteiger charge is 2.61. The van der Waals surface area contributed by atoms with Gasteiger partial charge >= 0.3 is 5.97 Å². The molecular formula is C22H26O2. The van der Waals surface area contributed by atoms with Gasteiger partial charge in [0.25, 0.3) is 0 Å². The molecule has 0 N–H and O–H groups in total. The van der Waals surface area contributed by atoms with Crippen LogP contribution in [0, 0.1) is 5.92 Å². The molecule has 0 aromatic heterocycles. The molecule has 1 fully saturated rings. The van der Waals surface area contributed by atoms with E-state index < -0.39 is 0 Å². The Morgan fingerprint density at radius 3 is 2.12 bits per heavy atom. The monoisotopic (exact) mass is 322 g/mol. The molecule has 24 heavy (non-hydrogen) atoms. The van der Waals surface area contributed by atoms with Gasteiger partial charge in [-0.3, -0.25) is 4.79 Å². The van der Waals surface area contributed by atoms with E-state index in [0.29, 0.717) is 0 Å². The summed E-state index contributed by atoms with van der Waals surface area (Å²) >= 11 is 0. The maximum absolute atomic E-state index is 12.7. The summed E-state index contributed by atoms with van der Waals surface area (Å²) in [5.74, 6) is -0.127. The van der Waals surface area contributed by atoms with E-state index in [1.807, 2.05) is 43.3 Å². The Labute approximate surface area is 144 Å². The molecule has 2 aromatic rings. The highest BCUT2D eigenvalue weighted by molar-refractivity contribution is 5.81. The standard InChI is InChI=1S/C22H26O2/c1-3-4-11-17(2)24-21(23)20-16-22(20,18-12-7-5-8-13-18)19-14-9-6-10-15-19/h5-10,12-15,17,20H,3-4,11,16H2,1-2H3/t17-,20+/m1/s1. The molecule has 0 bridgehead atoms. The van der Waals surface area contributed by atoms with Crippen LogP contribution in [0.2, 0.25) is 0 Å². The number of unbranched alkanes of at least 4 members (excludes halogenated alkanes) is 1. The van der Waals surface area contributed by atoms with Crippen LogP contribution in [-0.4, -0.2) is 12.1 Å². The van der Waals surface area contributed by atoms with Gasteiger partial charge in [-0.1, -0.05) is 80.4 Å². The van der Waals surface area contributed by atoms with E-state index in [9.17, 15) is 4.79 Å². The fraction of sp³-hybridized carbons (Fsp3) is 0.409. The lowest BCUT2D eigenvalue weighted by Crippen LogP contribution is -2.22. The number of carbonyl (C=O) groups excluding carboxylic acids is 1. The van der Waals surface area contributed by atoms with Gasteiger partial charge in [0.15, 0.2) is 0 Å². The van der Waals surface area contributed by atoms with Crippen molar-refractivity contribution >= 4 is 5.97 Å². The minimum atomic E-state index is -0.218. The summed E-state index contributed by atoms with van der Waals surface area (Å²) in [6, 6.07) is 20.7. The van der Waals surface area contributed by atoms with Crippen LogP contribution in [0.1, 0.15) is 50.7 Å². The fourth-order valence-corrected chi connectivity index (χ4v) is 3.65. The second kappa shape index (κ2) is 7.21. The zero-order chi connectivity index (χ0) is 17.0. The van der Waals surface area contributed by atoms with Crippen molar-refractivity contribution in [3.05, 3.63) is 71.8 Å². The first-order chi connectivity index (χ1) is 11.7. The van der Waals surface area contributed by atoms with E-state index in [1.54, 1.807) is 0 Å². The molecule has 1 aliphatic carbocycles. The zero-order valence-electron chi connectivity index (χ0n) is 14.6. The lowest BCUT2D eigenvalue weighted by Gasteiger charge is -2.20. The molecule has 0 heterocycles. The number of ether oxygens (including phenoxy) is 1. The Morgan fingerprint density at radius 1 is 1.08 bits per heavy atom. The molecule has 2 heteroatoms. The number of hydrogen-bond acceptors (Lipinski definition) is 2. The summed E-state index contributed by atoms with van der Waals surface area (Å²) in [5, 5.41) is 0. The first-order valence-electron chi connectivity index (χ1n) is 9.00. The van der Waals surface area contributed by atoms with Crippen molar-refractivity contribution in [1.29, 1.82) is 0 Å². The summed E-state index contributed by atoms with van der Waals surface area (Å²) in [6.45, 7) is 4.16. The predicted octanol–water partition coefficient (Wildman–Crippen LogP) is 5.11. The van der Waals surface area contributed by atoms with Crippen molar-refractivity contribution in [1.82, 2.24) is 0 Å². The highest BCUT2D eigenvalue weighted by Crippen LogP contribution is 2.59. The molecule has 1 aliphatic rings.